The van der Waals surface area contributed by atoms with Crippen LogP contribution in [0, 0.1) is 0 Å². The summed E-state index contributed by atoms with van der Waals surface area (Å²) in [7, 11) is 2.00. The maximum Gasteiger partial charge on any atom is 0.236 e. The largest absolute Gasteiger partial charge is 0.342 e. The van der Waals surface area contributed by atoms with Crippen LogP contribution in [0.4, 0.5) is 0 Å². The van der Waals surface area contributed by atoms with Crippen LogP contribution >= 0.6 is 0 Å². The van der Waals surface area contributed by atoms with Crippen molar-refractivity contribution in [2.45, 2.75) is 56.9 Å². The molecule has 2 heterocycles. The number of nitrogens with one attached hydrogen (secondary N) is 1. The Morgan fingerprint density at radius 3 is 2.64 bits per heavy atom. The van der Waals surface area contributed by atoms with Crippen LogP contribution in [0.1, 0.15) is 56.4 Å². The molecule has 1 aliphatic heterocycles. The lowest BCUT2D eigenvalue weighted by molar-refractivity contribution is -0.134. The normalized spacial score (nSPS) is 21.9. The molecule has 22 heavy (non-hydrogen) atoms. The summed E-state index contributed by atoms with van der Waals surface area (Å²) in [6.45, 7) is 2.62. The maximum atomic E-state index is 12.5. The lowest BCUT2D eigenvalue weighted by Crippen LogP contribution is -2.45. The third kappa shape index (κ3) is 3.69. The molecule has 0 aromatic carbocycles. The highest BCUT2D eigenvalue weighted by atomic mass is 16.2. The van der Waals surface area contributed by atoms with E-state index in [9.17, 15) is 4.79 Å². The molecule has 1 saturated carbocycles. The van der Waals surface area contributed by atoms with E-state index in [4.69, 9.17) is 0 Å². The predicted molar refractivity (Wildman–Crippen MR) is 86.6 cm³/mol. The summed E-state index contributed by atoms with van der Waals surface area (Å²) in [4.78, 5) is 16.8. The van der Waals surface area contributed by atoms with Crippen molar-refractivity contribution in [3.05, 3.63) is 18.0 Å². The zero-order valence-corrected chi connectivity index (χ0v) is 13.6. The first kappa shape index (κ1) is 15.5. The highest BCUT2D eigenvalue weighted by Gasteiger charge is 2.26. The van der Waals surface area contributed by atoms with E-state index in [2.05, 4.69) is 15.1 Å². The molecule has 0 bridgehead atoms. The van der Waals surface area contributed by atoms with Crippen LogP contribution in [0.2, 0.25) is 0 Å². The maximum absolute atomic E-state index is 12.5. The van der Waals surface area contributed by atoms with Crippen LogP contribution in [0.3, 0.4) is 0 Å². The van der Waals surface area contributed by atoms with Gasteiger partial charge in [-0.15, -0.1) is 0 Å². The average molecular weight is 304 g/mol. The molecule has 5 nitrogen and oxygen atoms in total. The van der Waals surface area contributed by atoms with Crippen molar-refractivity contribution < 1.29 is 4.79 Å². The highest BCUT2D eigenvalue weighted by Crippen LogP contribution is 2.27. The van der Waals surface area contributed by atoms with Crippen molar-refractivity contribution >= 4 is 5.91 Å². The summed E-state index contributed by atoms with van der Waals surface area (Å²) >= 11 is 0. The molecular formula is C17H28N4O. The molecule has 0 atom stereocenters. The van der Waals surface area contributed by atoms with Crippen molar-refractivity contribution in [1.82, 2.24) is 20.0 Å². The van der Waals surface area contributed by atoms with Crippen molar-refractivity contribution in [1.29, 1.82) is 0 Å². The van der Waals surface area contributed by atoms with E-state index in [1.54, 1.807) is 0 Å². The molecule has 0 spiro atoms. The second kappa shape index (κ2) is 7.27. The van der Waals surface area contributed by atoms with Gasteiger partial charge in [0, 0.05) is 19.3 Å². The van der Waals surface area contributed by atoms with E-state index in [0.717, 1.165) is 25.9 Å². The van der Waals surface area contributed by atoms with Crippen LogP contribution < -0.4 is 0 Å². The Kier molecular flexibility index (Phi) is 5.13. The Balaban J connectivity index is 1.44. The smallest absolute Gasteiger partial charge is 0.236 e. The topological polar surface area (TPSA) is 52.2 Å². The van der Waals surface area contributed by atoms with Gasteiger partial charge in [0.15, 0.2) is 0 Å². The second-order valence-electron chi connectivity index (χ2n) is 6.88. The minimum absolute atomic E-state index is 0.300. The van der Waals surface area contributed by atoms with Gasteiger partial charge in [0.2, 0.25) is 5.91 Å². The summed E-state index contributed by atoms with van der Waals surface area (Å²) < 4.78 is 0. The number of aromatic amines is 1. The fourth-order valence-electron chi connectivity index (χ4n) is 3.88. The van der Waals surface area contributed by atoms with Crippen LogP contribution in [0.15, 0.2) is 12.4 Å². The van der Waals surface area contributed by atoms with E-state index in [-0.39, 0.29) is 0 Å². The van der Waals surface area contributed by atoms with E-state index in [1.807, 2.05) is 24.3 Å². The van der Waals surface area contributed by atoms with Gasteiger partial charge in [-0.25, -0.2) is 0 Å². The number of rotatable bonds is 4. The summed E-state index contributed by atoms with van der Waals surface area (Å²) in [5.74, 6) is 0.898. The number of amides is 1. The molecular weight excluding hydrogens is 276 g/mol. The van der Waals surface area contributed by atoms with E-state index in [0.29, 0.717) is 24.4 Å². The number of hydrogen-bond donors (Lipinski definition) is 1. The Labute approximate surface area is 133 Å². The Morgan fingerprint density at radius 2 is 2.00 bits per heavy atom. The number of likely N-dealkylation sites (tertiary alicyclic amines) is 1. The number of nitrogens with zero attached hydrogens (tertiary/aromatic N) is 3. The summed E-state index contributed by atoms with van der Waals surface area (Å²) in [6.07, 6.45) is 12.4. The van der Waals surface area contributed by atoms with Crippen molar-refractivity contribution in [2.24, 2.45) is 0 Å². The minimum Gasteiger partial charge on any atom is -0.342 e. The van der Waals surface area contributed by atoms with Gasteiger partial charge in [0.05, 0.1) is 12.7 Å². The average Bonchev–Trinajstić information content (AvgIpc) is 3.10. The van der Waals surface area contributed by atoms with Crippen LogP contribution in [0.5, 0.6) is 0 Å². The van der Waals surface area contributed by atoms with Gasteiger partial charge in [-0.05, 0) is 50.3 Å². The predicted octanol–water partition coefficient (Wildman–Crippen LogP) is 2.38. The Morgan fingerprint density at radius 1 is 1.27 bits per heavy atom. The molecule has 0 radical (unpaired) electrons. The number of aromatic nitrogens is 2. The molecule has 5 heteroatoms. The van der Waals surface area contributed by atoms with Gasteiger partial charge < -0.3 is 4.90 Å². The first-order chi connectivity index (χ1) is 10.7. The van der Waals surface area contributed by atoms with E-state index >= 15 is 0 Å². The van der Waals surface area contributed by atoms with Crippen LogP contribution in [-0.4, -0.2) is 58.6 Å². The Bertz CT molecular complexity index is 459. The summed E-state index contributed by atoms with van der Waals surface area (Å²) in [6, 6.07) is 0.477. The molecule has 1 aromatic heterocycles. The number of carbonyl (C=O) groups excluding carboxylic acids is 1. The first-order valence-electron chi connectivity index (χ1n) is 8.70. The third-order valence-corrected chi connectivity index (χ3v) is 5.45. The fourth-order valence-corrected chi connectivity index (χ4v) is 3.88. The standard InChI is InChI=1S/C17H28N4O/c1-20(16-5-3-2-4-6-16)17(22)13-21-9-7-14(8-10-21)15-11-18-19-12-15/h11-12,14,16H,2-10,13H2,1H3,(H,18,19). The van der Waals surface area contributed by atoms with Gasteiger partial charge in [-0.2, -0.15) is 5.10 Å². The SMILES string of the molecule is CN(C(=O)CN1CCC(c2cn[nH]c2)CC1)C1CCCCC1. The van der Waals surface area contributed by atoms with Crippen molar-refractivity contribution in [3.63, 3.8) is 0 Å². The molecule has 1 aromatic rings. The summed E-state index contributed by atoms with van der Waals surface area (Å²) in [5, 5.41) is 6.94. The number of carbonyl (C=O) groups is 1. The Hall–Kier alpha value is -1.36. The number of likely N-dealkylation sites (N-methyl/N-ethyl adjacent to an activating group) is 1. The molecule has 2 aliphatic rings. The third-order valence-electron chi connectivity index (χ3n) is 5.45. The summed E-state index contributed by atoms with van der Waals surface area (Å²) in [5.41, 5.74) is 1.31. The second-order valence-corrected chi connectivity index (χ2v) is 6.88. The number of hydrogen-bond acceptors (Lipinski definition) is 3. The van der Waals surface area contributed by atoms with E-state index < -0.39 is 0 Å². The minimum atomic E-state index is 0.300. The first-order valence-corrected chi connectivity index (χ1v) is 8.70. The molecule has 122 valence electrons. The lowest BCUT2D eigenvalue weighted by Gasteiger charge is -2.35. The van der Waals surface area contributed by atoms with Crippen LogP contribution in [-0.2, 0) is 4.79 Å². The van der Waals surface area contributed by atoms with E-state index in [1.165, 1.54) is 37.7 Å². The van der Waals surface area contributed by atoms with Crippen molar-refractivity contribution in [3.8, 4) is 0 Å². The number of piperidine rings is 1. The monoisotopic (exact) mass is 304 g/mol. The van der Waals surface area contributed by atoms with Gasteiger partial charge in [-0.3, -0.25) is 14.8 Å². The molecule has 3 rings (SSSR count). The quantitative estimate of drug-likeness (QED) is 0.929. The van der Waals surface area contributed by atoms with Gasteiger partial charge >= 0.3 is 0 Å². The lowest BCUT2D eigenvalue weighted by atomic mass is 9.91. The molecule has 1 N–H and O–H groups in total. The zero-order valence-electron chi connectivity index (χ0n) is 13.6. The molecule has 0 unspecified atom stereocenters. The van der Waals surface area contributed by atoms with Crippen LogP contribution in [0.25, 0.3) is 0 Å². The highest BCUT2D eigenvalue weighted by molar-refractivity contribution is 5.78. The van der Waals surface area contributed by atoms with Crippen molar-refractivity contribution in [2.75, 3.05) is 26.7 Å². The molecule has 1 amide bonds. The number of H-pyrrole nitrogens is 1. The molecule has 1 saturated heterocycles. The van der Waals surface area contributed by atoms with Gasteiger partial charge in [-0.1, -0.05) is 19.3 Å². The molecule has 2 fully saturated rings. The van der Waals surface area contributed by atoms with Gasteiger partial charge in [0.25, 0.3) is 0 Å². The fraction of sp³-hybridized carbons (Fsp3) is 0.765. The molecule has 1 aliphatic carbocycles. The zero-order chi connectivity index (χ0) is 15.4. The van der Waals surface area contributed by atoms with Gasteiger partial charge in [0.1, 0.15) is 0 Å².